The summed E-state index contributed by atoms with van der Waals surface area (Å²) >= 11 is 0. The lowest BCUT2D eigenvalue weighted by Crippen LogP contribution is -2.23. The molecule has 0 radical (unpaired) electrons. The molecule has 0 aromatic carbocycles. The van der Waals surface area contributed by atoms with Gasteiger partial charge in [-0.3, -0.25) is 5.21 Å². The lowest BCUT2D eigenvalue weighted by molar-refractivity contribution is 0.0690. The van der Waals surface area contributed by atoms with Gasteiger partial charge < -0.3 is 5.11 Å². The zero-order valence-electron chi connectivity index (χ0n) is 7.21. The van der Waals surface area contributed by atoms with E-state index in [0.717, 1.165) is 5.06 Å². The minimum Gasteiger partial charge on any atom is -0.477 e. The molecule has 0 bridgehead atoms. The van der Waals surface area contributed by atoms with E-state index < -0.39 is 5.97 Å². The Morgan fingerprint density at radius 3 is 3.00 bits per heavy atom. The maximum atomic E-state index is 10.6. The molecule has 0 aliphatic carbocycles. The van der Waals surface area contributed by atoms with Gasteiger partial charge in [0.05, 0.1) is 6.54 Å². The molecule has 0 atom stereocenters. The number of carboxylic acids is 1. The molecular weight excluding hydrogens is 184 g/mol. The third-order valence-electron chi connectivity index (χ3n) is 1.94. The fourth-order valence-electron chi connectivity index (χ4n) is 1.28. The Morgan fingerprint density at radius 2 is 2.29 bits per heavy atom. The standard InChI is InChI=1S/C9H8N2O3/c12-9(13)7-4-3-6-2-1-5-11(14)8(6)10-7/h1-4,14H,5H2,(H,12,13). The number of fused-ring (bicyclic) bond motifs is 1. The van der Waals surface area contributed by atoms with Crippen LogP contribution in [0.1, 0.15) is 16.1 Å². The molecule has 5 nitrogen and oxygen atoms in total. The summed E-state index contributed by atoms with van der Waals surface area (Å²) in [7, 11) is 0. The smallest absolute Gasteiger partial charge is 0.354 e. The first-order valence-corrected chi connectivity index (χ1v) is 4.06. The first-order valence-electron chi connectivity index (χ1n) is 4.06. The summed E-state index contributed by atoms with van der Waals surface area (Å²) in [5.41, 5.74) is 0.641. The van der Waals surface area contributed by atoms with Gasteiger partial charge >= 0.3 is 5.97 Å². The van der Waals surface area contributed by atoms with Gasteiger partial charge in [-0.1, -0.05) is 12.2 Å². The average molecular weight is 192 g/mol. The summed E-state index contributed by atoms with van der Waals surface area (Å²) < 4.78 is 0. The van der Waals surface area contributed by atoms with Gasteiger partial charge in [-0.05, 0) is 12.1 Å². The third-order valence-corrected chi connectivity index (χ3v) is 1.94. The number of hydrogen-bond donors (Lipinski definition) is 2. The number of hydrogen-bond acceptors (Lipinski definition) is 4. The minimum absolute atomic E-state index is 0.0712. The number of carbonyl (C=O) groups is 1. The zero-order chi connectivity index (χ0) is 10.1. The lowest BCUT2D eigenvalue weighted by atomic mass is 10.1. The Morgan fingerprint density at radius 1 is 1.50 bits per heavy atom. The number of rotatable bonds is 1. The second-order valence-electron chi connectivity index (χ2n) is 2.90. The molecule has 0 unspecified atom stereocenters. The Labute approximate surface area is 79.9 Å². The summed E-state index contributed by atoms with van der Waals surface area (Å²) in [6, 6.07) is 3.02. The Kier molecular flexibility index (Phi) is 1.94. The van der Waals surface area contributed by atoms with Crippen LogP contribution in [0.4, 0.5) is 5.82 Å². The van der Waals surface area contributed by atoms with Crippen molar-refractivity contribution in [3.05, 3.63) is 29.5 Å². The molecule has 5 heteroatoms. The number of hydroxylamine groups is 1. The predicted molar refractivity (Wildman–Crippen MR) is 49.4 cm³/mol. The van der Waals surface area contributed by atoms with Crippen LogP contribution in [0.25, 0.3) is 6.08 Å². The van der Waals surface area contributed by atoms with E-state index in [0.29, 0.717) is 12.1 Å². The summed E-state index contributed by atoms with van der Waals surface area (Å²) in [5, 5.41) is 19.0. The van der Waals surface area contributed by atoms with E-state index in [4.69, 9.17) is 5.11 Å². The third kappa shape index (κ3) is 1.33. The summed E-state index contributed by atoms with van der Waals surface area (Å²) in [6.45, 7) is 0.322. The van der Waals surface area contributed by atoms with Crippen molar-refractivity contribution in [3.8, 4) is 0 Å². The molecule has 14 heavy (non-hydrogen) atoms. The van der Waals surface area contributed by atoms with Gasteiger partial charge in [-0.15, -0.1) is 0 Å². The van der Waals surface area contributed by atoms with E-state index in [2.05, 4.69) is 4.98 Å². The molecule has 1 aromatic heterocycles. The van der Waals surface area contributed by atoms with E-state index in [1.54, 1.807) is 18.2 Å². The molecule has 2 N–H and O–H groups in total. The fraction of sp³-hybridized carbons (Fsp3) is 0.111. The molecule has 1 aromatic rings. The Bertz CT molecular complexity index is 415. The van der Waals surface area contributed by atoms with Crippen molar-refractivity contribution < 1.29 is 15.1 Å². The maximum absolute atomic E-state index is 10.6. The van der Waals surface area contributed by atoms with Gasteiger partial charge in [0, 0.05) is 5.56 Å². The summed E-state index contributed by atoms with van der Waals surface area (Å²) in [4.78, 5) is 14.4. The van der Waals surface area contributed by atoms with Crippen molar-refractivity contribution in [3.63, 3.8) is 0 Å². The first kappa shape index (κ1) is 8.71. The molecule has 2 rings (SSSR count). The Hall–Kier alpha value is -1.88. The van der Waals surface area contributed by atoms with Crippen molar-refractivity contribution in [2.45, 2.75) is 0 Å². The molecular formula is C9H8N2O3. The highest BCUT2D eigenvalue weighted by Crippen LogP contribution is 2.22. The largest absolute Gasteiger partial charge is 0.477 e. The molecule has 0 saturated heterocycles. The first-order chi connectivity index (χ1) is 6.68. The van der Waals surface area contributed by atoms with Crippen LogP contribution in [0, 0.1) is 0 Å². The molecule has 1 aliphatic heterocycles. The van der Waals surface area contributed by atoms with Gasteiger partial charge in [0.25, 0.3) is 0 Å². The number of anilines is 1. The normalized spacial score (nSPS) is 13.9. The van der Waals surface area contributed by atoms with Crippen LogP contribution in [0.5, 0.6) is 0 Å². The van der Waals surface area contributed by atoms with Crippen molar-refractivity contribution in [1.82, 2.24) is 4.98 Å². The number of pyridine rings is 1. The van der Waals surface area contributed by atoms with Crippen molar-refractivity contribution in [1.29, 1.82) is 0 Å². The molecule has 2 heterocycles. The highest BCUT2D eigenvalue weighted by molar-refractivity contribution is 5.86. The second-order valence-corrected chi connectivity index (χ2v) is 2.90. The van der Waals surface area contributed by atoms with Crippen LogP contribution in [0.15, 0.2) is 18.2 Å². The molecule has 0 saturated carbocycles. The number of carboxylic acid groups (broad SMARTS) is 1. The van der Waals surface area contributed by atoms with Crippen molar-refractivity contribution >= 4 is 17.9 Å². The summed E-state index contributed by atoms with van der Waals surface area (Å²) in [5.74, 6) is -0.817. The van der Waals surface area contributed by atoms with E-state index >= 15 is 0 Å². The molecule has 72 valence electrons. The van der Waals surface area contributed by atoms with Crippen molar-refractivity contribution in [2.75, 3.05) is 11.6 Å². The highest BCUT2D eigenvalue weighted by Gasteiger charge is 2.15. The van der Waals surface area contributed by atoms with Crippen LogP contribution < -0.4 is 5.06 Å². The van der Waals surface area contributed by atoms with E-state index in [1.807, 2.05) is 0 Å². The van der Waals surface area contributed by atoms with Crippen LogP contribution >= 0.6 is 0 Å². The minimum atomic E-state index is -1.10. The molecule has 0 spiro atoms. The van der Waals surface area contributed by atoms with E-state index in [-0.39, 0.29) is 11.5 Å². The monoisotopic (exact) mass is 192 g/mol. The van der Waals surface area contributed by atoms with E-state index in [1.165, 1.54) is 6.07 Å². The predicted octanol–water partition coefficient (Wildman–Crippen LogP) is 1.00. The summed E-state index contributed by atoms with van der Waals surface area (Å²) in [6.07, 6.45) is 3.56. The van der Waals surface area contributed by atoms with Gasteiger partial charge in [-0.2, -0.15) is 0 Å². The molecule has 1 aliphatic rings. The number of aromatic carboxylic acids is 1. The van der Waals surface area contributed by atoms with Crippen molar-refractivity contribution in [2.24, 2.45) is 0 Å². The van der Waals surface area contributed by atoms with Gasteiger partial charge in [0.15, 0.2) is 11.5 Å². The maximum Gasteiger partial charge on any atom is 0.354 e. The van der Waals surface area contributed by atoms with Gasteiger partial charge in [0.2, 0.25) is 0 Å². The van der Waals surface area contributed by atoms with Gasteiger partial charge in [-0.25, -0.2) is 14.8 Å². The topological polar surface area (TPSA) is 73.7 Å². The zero-order valence-corrected chi connectivity index (χ0v) is 7.21. The van der Waals surface area contributed by atoms with Crippen LogP contribution in [0.2, 0.25) is 0 Å². The van der Waals surface area contributed by atoms with Gasteiger partial charge in [0.1, 0.15) is 0 Å². The molecule has 0 fully saturated rings. The highest BCUT2D eigenvalue weighted by atomic mass is 16.5. The lowest BCUT2D eigenvalue weighted by Gasteiger charge is -2.19. The quantitative estimate of drug-likeness (QED) is 0.694. The van der Waals surface area contributed by atoms with Crippen LogP contribution in [-0.2, 0) is 0 Å². The van der Waals surface area contributed by atoms with Crippen LogP contribution in [0.3, 0.4) is 0 Å². The number of nitrogens with zero attached hydrogens (tertiary/aromatic N) is 2. The Balaban J connectivity index is 2.52. The number of aromatic nitrogens is 1. The molecule has 0 amide bonds. The average Bonchev–Trinajstić information content (AvgIpc) is 2.18. The van der Waals surface area contributed by atoms with E-state index in [9.17, 15) is 10.0 Å². The SMILES string of the molecule is O=C(O)c1ccc2c(n1)N(O)CC=C2. The second kappa shape index (κ2) is 3.12. The van der Waals surface area contributed by atoms with Crippen LogP contribution in [-0.4, -0.2) is 27.8 Å². The fourth-order valence-corrected chi connectivity index (χ4v) is 1.28.